The smallest absolute Gasteiger partial charge is 0.275 e. The van der Waals surface area contributed by atoms with Crippen LogP contribution in [0.15, 0.2) is 89.7 Å². The quantitative estimate of drug-likeness (QED) is 0.349. The molecule has 3 nitrogen and oxygen atoms in total. The molecule has 3 heteroatoms. The predicted octanol–water partition coefficient (Wildman–Crippen LogP) is 6.41. The third kappa shape index (κ3) is 2.62. The summed E-state index contributed by atoms with van der Waals surface area (Å²) in [6, 6.07) is 29.0. The van der Waals surface area contributed by atoms with Crippen molar-refractivity contribution in [2.45, 2.75) is 19.9 Å². The first-order chi connectivity index (χ1) is 14.6. The number of para-hydroxylation sites is 1. The maximum absolute atomic E-state index is 13.9. The summed E-state index contributed by atoms with van der Waals surface area (Å²) in [5, 5.41) is 2.14. The maximum Gasteiger partial charge on any atom is 0.275 e. The van der Waals surface area contributed by atoms with Crippen LogP contribution in [0.1, 0.15) is 19.9 Å². The number of hydrogen-bond acceptors (Lipinski definition) is 1. The number of hydrogen-bond donors (Lipinski definition) is 0. The molecule has 5 aromatic rings. The summed E-state index contributed by atoms with van der Waals surface area (Å²) in [5.74, 6) is 0. The molecule has 0 radical (unpaired) electrons. The monoisotopic (exact) mass is 392 g/mol. The van der Waals surface area contributed by atoms with Gasteiger partial charge in [-0.15, -0.1) is 0 Å². The molecule has 0 aliphatic rings. The van der Waals surface area contributed by atoms with Crippen LogP contribution in [-0.4, -0.2) is 9.13 Å². The Kier molecular flexibility index (Phi) is 4.32. The highest BCUT2D eigenvalue weighted by Gasteiger charge is 2.25. The minimum absolute atomic E-state index is 0.0255. The molecule has 0 spiro atoms. The van der Waals surface area contributed by atoms with Crippen LogP contribution in [0.3, 0.4) is 0 Å². The van der Waals surface area contributed by atoms with E-state index >= 15 is 0 Å². The van der Waals surface area contributed by atoms with Gasteiger partial charge in [0.2, 0.25) is 0 Å². The van der Waals surface area contributed by atoms with E-state index in [1.54, 1.807) is 0 Å². The van der Waals surface area contributed by atoms with Gasteiger partial charge in [-0.25, -0.2) is 0 Å². The number of pyridine rings is 1. The Bertz CT molecular complexity index is 1420. The Labute approximate surface area is 175 Å². The van der Waals surface area contributed by atoms with E-state index in [0.29, 0.717) is 0 Å². The third-order valence-electron chi connectivity index (χ3n) is 5.88. The fourth-order valence-corrected chi connectivity index (χ4v) is 4.61. The van der Waals surface area contributed by atoms with Gasteiger partial charge in [-0.1, -0.05) is 78.9 Å². The number of aryl methyl sites for hydroxylation is 1. The normalized spacial score (nSPS) is 11.6. The summed E-state index contributed by atoms with van der Waals surface area (Å²) in [6.07, 6.45) is 0. The number of aromatic nitrogens is 2. The molecule has 5 rings (SSSR count). The second-order valence-corrected chi connectivity index (χ2v) is 8.02. The summed E-state index contributed by atoms with van der Waals surface area (Å²) in [5.41, 5.74) is 6.14. The summed E-state index contributed by atoms with van der Waals surface area (Å²) in [7, 11) is 1.99. The first-order valence-corrected chi connectivity index (χ1v) is 10.4. The second kappa shape index (κ2) is 7.03. The van der Waals surface area contributed by atoms with Crippen molar-refractivity contribution in [3.63, 3.8) is 0 Å². The Morgan fingerprint density at radius 2 is 1.30 bits per heavy atom. The van der Waals surface area contributed by atoms with Crippen molar-refractivity contribution >= 4 is 21.8 Å². The minimum Gasteiger partial charge on any atom is -0.339 e. The highest BCUT2D eigenvalue weighted by Crippen LogP contribution is 2.41. The Morgan fingerprint density at radius 1 is 0.733 bits per heavy atom. The largest absolute Gasteiger partial charge is 0.339 e. The fourth-order valence-electron chi connectivity index (χ4n) is 4.61. The molecule has 0 amide bonds. The molecule has 0 aliphatic carbocycles. The van der Waals surface area contributed by atoms with E-state index in [1.807, 2.05) is 52.6 Å². The zero-order chi connectivity index (χ0) is 20.8. The number of nitrogens with zero attached hydrogens (tertiary/aromatic N) is 2. The molecule has 0 fully saturated rings. The van der Waals surface area contributed by atoms with Crippen LogP contribution in [0.4, 0.5) is 0 Å². The Balaban J connectivity index is 2.13. The van der Waals surface area contributed by atoms with Gasteiger partial charge in [0.15, 0.2) is 0 Å². The molecule has 0 unspecified atom stereocenters. The van der Waals surface area contributed by atoms with E-state index in [2.05, 4.69) is 62.4 Å². The molecule has 0 saturated carbocycles. The highest BCUT2D eigenvalue weighted by molar-refractivity contribution is 6.17. The van der Waals surface area contributed by atoms with Gasteiger partial charge in [0.05, 0.1) is 5.69 Å². The molecule has 148 valence electrons. The molecule has 0 atom stereocenters. The number of fused-ring (bicyclic) bond motifs is 3. The summed E-state index contributed by atoms with van der Waals surface area (Å²) < 4.78 is 4.01. The van der Waals surface area contributed by atoms with E-state index in [1.165, 1.54) is 0 Å². The van der Waals surface area contributed by atoms with E-state index in [4.69, 9.17) is 0 Å². The lowest BCUT2D eigenvalue weighted by molar-refractivity contribution is 0.588. The third-order valence-corrected chi connectivity index (χ3v) is 5.88. The molecule has 0 N–H and O–H groups in total. The summed E-state index contributed by atoms with van der Waals surface area (Å²) >= 11 is 0. The van der Waals surface area contributed by atoms with E-state index < -0.39 is 0 Å². The van der Waals surface area contributed by atoms with Crippen molar-refractivity contribution < 1.29 is 0 Å². The van der Waals surface area contributed by atoms with Crippen LogP contribution >= 0.6 is 0 Å². The second-order valence-electron chi connectivity index (χ2n) is 8.02. The van der Waals surface area contributed by atoms with E-state index in [9.17, 15) is 4.79 Å². The lowest BCUT2D eigenvalue weighted by Crippen LogP contribution is -2.26. The van der Waals surface area contributed by atoms with Gasteiger partial charge in [-0.05, 0) is 31.0 Å². The Morgan fingerprint density at radius 3 is 1.93 bits per heavy atom. The fraction of sp³-hybridized carbons (Fsp3) is 0.148. The average molecular weight is 393 g/mol. The molecule has 30 heavy (non-hydrogen) atoms. The van der Waals surface area contributed by atoms with Gasteiger partial charge in [-0.2, -0.15) is 0 Å². The first kappa shape index (κ1) is 18.4. The molecule has 0 aliphatic heterocycles. The van der Waals surface area contributed by atoms with Crippen LogP contribution in [0.2, 0.25) is 0 Å². The molecule has 2 heterocycles. The number of benzene rings is 3. The van der Waals surface area contributed by atoms with Crippen molar-refractivity contribution in [2.24, 2.45) is 7.05 Å². The molecule has 0 bridgehead atoms. The number of rotatable bonds is 3. The standard InChI is InChI=1S/C27H24N2O/c1-18(2)29-25(20-14-8-5-9-15-20)23(19-12-6-4-7-13-19)24-21-16-10-11-17-22(21)28(3)26(24)27(29)30/h4-18H,1-3H3. The van der Waals surface area contributed by atoms with Crippen molar-refractivity contribution in [3.05, 3.63) is 95.3 Å². The lowest BCUT2D eigenvalue weighted by atomic mass is 9.93. The highest BCUT2D eigenvalue weighted by atomic mass is 16.1. The molecule has 2 aromatic heterocycles. The predicted molar refractivity (Wildman–Crippen MR) is 126 cm³/mol. The van der Waals surface area contributed by atoms with Crippen molar-refractivity contribution in [2.75, 3.05) is 0 Å². The zero-order valence-corrected chi connectivity index (χ0v) is 17.5. The maximum atomic E-state index is 13.9. The van der Waals surface area contributed by atoms with Gasteiger partial charge in [0, 0.05) is 34.9 Å². The van der Waals surface area contributed by atoms with E-state index in [-0.39, 0.29) is 11.6 Å². The van der Waals surface area contributed by atoms with Crippen LogP contribution in [0.5, 0.6) is 0 Å². The minimum atomic E-state index is 0.0255. The van der Waals surface area contributed by atoms with Crippen molar-refractivity contribution in [3.8, 4) is 22.4 Å². The van der Waals surface area contributed by atoms with Crippen LogP contribution < -0.4 is 5.56 Å². The average Bonchev–Trinajstić information content (AvgIpc) is 3.08. The van der Waals surface area contributed by atoms with Gasteiger partial charge >= 0.3 is 0 Å². The molecule has 0 saturated heterocycles. The van der Waals surface area contributed by atoms with E-state index in [0.717, 1.165) is 44.2 Å². The van der Waals surface area contributed by atoms with Gasteiger partial charge in [0.25, 0.3) is 5.56 Å². The van der Waals surface area contributed by atoms with Gasteiger partial charge in [-0.3, -0.25) is 4.79 Å². The summed E-state index contributed by atoms with van der Waals surface area (Å²) in [6.45, 7) is 4.16. The van der Waals surface area contributed by atoms with Crippen LogP contribution in [0, 0.1) is 0 Å². The first-order valence-electron chi connectivity index (χ1n) is 10.4. The van der Waals surface area contributed by atoms with Crippen molar-refractivity contribution in [1.82, 2.24) is 9.13 Å². The van der Waals surface area contributed by atoms with Gasteiger partial charge in [0.1, 0.15) is 5.52 Å². The Hall–Kier alpha value is -3.59. The SMILES string of the molecule is CC(C)n1c(-c2ccccc2)c(-c2ccccc2)c2c3ccccc3n(C)c2c1=O. The molecular weight excluding hydrogens is 368 g/mol. The van der Waals surface area contributed by atoms with Crippen molar-refractivity contribution in [1.29, 1.82) is 0 Å². The lowest BCUT2D eigenvalue weighted by Gasteiger charge is -2.22. The summed E-state index contributed by atoms with van der Waals surface area (Å²) in [4.78, 5) is 13.9. The molecular formula is C27H24N2O. The molecule has 3 aromatic carbocycles. The topological polar surface area (TPSA) is 26.9 Å². The zero-order valence-electron chi connectivity index (χ0n) is 17.5. The van der Waals surface area contributed by atoms with Crippen LogP contribution in [0.25, 0.3) is 44.2 Å². The van der Waals surface area contributed by atoms with Gasteiger partial charge < -0.3 is 9.13 Å². The van der Waals surface area contributed by atoms with Crippen LogP contribution in [-0.2, 0) is 7.05 Å².